The summed E-state index contributed by atoms with van der Waals surface area (Å²) < 4.78 is 5.28. The Kier molecular flexibility index (Phi) is 6.63. The molecule has 0 radical (unpaired) electrons. The maximum atomic E-state index is 10.5. The van der Waals surface area contributed by atoms with Crippen molar-refractivity contribution in [3.05, 3.63) is 12.4 Å². The summed E-state index contributed by atoms with van der Waals surface area (Å²) in [6.07, 6.45) is 3.29. The molecular weight excluding hydrogens is 246 g/mol. The number of anilines is 1. The van der Waals surface area contributed by atoms with E-state index in [1.54, 1.807) is 6.07 Å². The highest BCUT2D eigenvalue weighted by Crippen LogP contribution is 2.13. The molecule has 6 nitrogen and oxygen atoms in total. The van der Waals surface area contributed by atoms with Crippen LogP contribution in [0.5, 0.6) is 5.88 Å². The zero-order valence-electron chi connectivity index (χ0n) is 11.4. The summed E-state index contributed by atoms with van der Waals surface area (Å²) in [6, 6.07) is 1.76. The van der Waals surface area contributed by atoms with E-state index in [1.165, 1.54) is 6.33 Å². The van der Waals surface area contributed by atoms with E-state index >= 15 is 0 Å². The van der Waals surface area contributed by atoms with Crippen molar-refractivity contribution in [1.82, 2.24) is 9.97 Å². The predicted octanol–water partition coefficient (Wildman–Crippen LogP) is 2.18. The van der Waals surface area contributed by atoms with Crippen LogP contribution in [-0.4, -0.2) is 34.2 Å². The molecule has 0 aliphatic carbocycles. The molecule has 1 atom stereocenters. The summed E-state index contributed by atoms with van der Waals surface area (Å²) in [6.45, 7) is 5.28. The lowest BCUT2D eigenvalue weighted by Gasteiger charge is -2.11. The van der Waals surface area contributed by atoms with E-state index < -0.39 is 5.97 Å². The molecule has 19 heavy (non-hydrogen) atoms. The fraction of sp³-hybridized carbons (Fsp3) is 0.615. The van der Waals surface area contributed by atoms with Gasteiger partial charge in [-0.1, -0.05) is 6.92 Å². The molecule has 0 fully saturated rings. The molecule has 0 aromatic carbocycles. The summed E-state index contributed by atoms with van der Waals surface area (Å²) in [5, 5.41) is 11.8. The van der Waals surface area contributed by atoms with Crippen molar-refractivity contribution < 1.29 is 14.6 Å². The van der Waals surface area contributed by atoms with Crippen molar-refractivity contribution in [2.24, 2.45) is 5.92 Å². The molecular formula is C13H21N3O3. The zero-order valence-corrected chi connectivity index (χ0v) is 11.4. The molecule has 1 heterocycles. The number of carboxylic acid groups (broad SMARTS) is 1. The van der Waals surface area contributed by atoms with Crippen LogP contribution in [0.4, 0.5) is 5.82 Å². The highest BCUT2D eigenvalue weighted by atomic mass is 16.5. The lowest BCUT2D eigenvalue weighted by Crippen LogP contribution is -2.09. The number of nitrogens with zero attached hydrogens (tertiary/aromatic N) is 2. The molecule has 0 aliphatic heterocycles. The fourth-order valence-corrected chi connectivity index (χ4v) is 1.62. The quantitative estimate of drug-likeness (QED) is 0.713. The predicted molar refractivity (Wildman–Crippen MR) is 72.3 cm³/mol. The Balaban J connectivity index is 2.28. The first kappa shape index (κ1) is 15.2. The Morgan fingerprint density at radius 3 is 2.95 bits per heavy atom. The molecule has 0 amide bonds. The van der Waals surface area contributed by atoms with E-state index in [9.17, 15) is 4.79 Å². The largest absolute Gasteiger partial charge is 0.481 e. The summed E-state index contributed by atoms with van der Waals surface area (Å²) in [7, 11) is 0. The van der Waals surface area contributed by atoms with Gasteiger partial charge in [0.05, 0.1) is 6.61 Å². The van der Waals surface area contributed by atoms with Gasteiger partial charge in [-0.3, -0.25) is 4.79 Å². The van der Waals surface area contributed by atoms with Crippen LogP contribution < -0.4 is 10.1 Å². The van der Waals surface area contributed by atoms with Gasteiger partial charge in [0.1, 0.15) is 12.1 Å². The Hall–Kier alpha value is -1.85. The average molecular weight is 267 g/mol. The SMILES string of the molecule is CCOc1cc(NCCC(C)CCC(=O)O)ncn1. The number of aromatic nitrogens is 2. The van der Waals surface area contributed by atoms with Crippen LogP contribution in [0.1, 0.15) is 33.1 Å². The molecule has 1 unspecified atom stereocenters. The minimum Gasteiger partial charge on any atom is -0.481 e. The summed E-state index contributed by atoms with van der Waals surface area (Å²) in [5.74, 6) is 0.913. The molecule has 0 saturated carbocycles. The third-order valence-electron chi connectivity index (χ3n) is 2.73. The third kappa shape index (κ3) is 6.59. The Bertz CT molecular complexity index is 398. The van der Waals surface area contributed by atoms with Gasteiger partial charge in [-0.05, 0) is 25.7 Å². The van der Waals surface area contributed by atoms with Gasteiger partial charge in [-0.2, -0.15) is 0 Å². The molecule has 6 heteroatoms. The fourth-order valence-electron chi connectivity index (χ4n) is 1.62. The van der Waals surface area contributed by atoms with Gasteiger partial charge in [-0.15, -0.1) is 0 Å². The zero-order chi connectivity index (χ0) is 14.1. The van der Waals surface area contributed by atoms with Crippen LogP contribution in [0.3, 0.4) is 0 Å². The summed E-state index contributed by atoms with van der Waals surface area (Å²) in [4.78, 5) is 18.5. The molecule has 1 rings (SSSR count). The number of carbonyl (C=O) groups is 1. The van der Waals surface area contributed by atoms with Crippen LogP contribution in [0.2, 0.25) is 0 Å². The Labute approximate surface area is 113 Å². The number of hydrogen-bond acceptors (Lipinski definition) is 5. The first-order valence-electron chi connectivity index (χ1n) is 6.52. The number of hydrogen-bond donors (Lipinski definition) is 2. The number of aliphatic carboxylic acids is 1. The molecule has 0 bridgehead atoms. The molecule has 0 aliphatic rings. The second-order valence-electron chi connectivity index (χ2n) is 4.43. The summed E-state index contributed by atoms with van der Waals surface area (Å²) >= 11 is 0. The van der Waals surface area contributed by atoms with Crippen LogP contribution >= 0.6 is 0 Å². The molecule has 0 spiro atoms. The maximum absolute atomic E-state index is 10.5. The average Bonchev–Trinajstić information content (AvgIpc) is 2.37. The standard InChI is InChI=1S/C13H21N3O3/c1-3-19-12-8-11(15-9-16-12)14-7-6-10(2)4-5-13(17)18/h8-10H,3-7H2,1-2H3,(H,17,18)(H,14,15,16). The van der Waals surface area contributed by atoms with Crippen LogP contribution in [0.25, 0.3) is 0 Å². The van der Waals surface area contributed by atoms with Crippen molar-refractivity contribution in [2.45, 2.75) is 33.1 Å². The van der Waals surface area contributed by atoms with E-state index in [4.69, 9.17) is 9.84 Å². The first-order chi connectivity index (χ1) is 9.11. The lowest BCUT2D eigenvalue weighted by atomic mass is 10.0. The minimum absolute atomic E-state index is 0.225. The van der Waals surface area contributed by atoms with Gasteiger partial charge in [0, 0.05) is 19.0 Å². The van der Waals surface area contributed by atoms with Gasteiger partial charge >= 0.3 is 5.97 Å². The lowest BCUT2D eigenvalue weighted by molar-refractivity contribution is -0.137. The van der Waals surface area contributed by atoms with Crippen molar-refractivity contribution in [2.75, 3.05) is 18.5 Å². The molecule has 1 aromatic rings. The number of ether oxygens (including phenoxy) is 1. The first-order valence-corrected chi connectivity index (χ1v) is 6.52. The molecule has 1 aromatic heterocycles. The van der Waals surface area contributed by atoms with Crippen molar-refractivity contribution in [3.63, 3.8) is 0 Å². The number of carboxylic acids is 1. The van der Waals surface area contributed by atoms with Crippen molar-refractivity contribution >= 4 is 11.8 Å². The number of rotatable bonds is 9. The van der Waals surface area contributed by atoms with Crippen LogP contribution in [-0.2, 0) is 4.79 Å². The second-order valence-corrected chi connectivity index (χ2v) is 4.43. The summed E-state index contributed by atoms with van der Waals surface area (Å²) in [5.41, 5.74) is 0. The second kappa shape index (κ2) is 8.29. The Morgan fingerprint density at radius 1 is 1.47 bits per heavy atom. The van der Waals surface area contributed by atoms with Gasteiger partial charge in [0.25, 0.3) is 0 Å². The van der Waals surface area contributed by atoms with E-state index in [0.29, 0.717) is 24.8 Å². The van der Waals surface area contributed by atoms with Gasteiger partial charge in [0.15, 0.2) is 0 Å². The van der Waals surface area contributed by atoms with Gasteiger partial charge in [-0.25, -0.2) is 9.97 Å². The van der Waals surface area contributed by atoms with E-state index in [0.717, 1.165) is 18.8 Å². The smallest absolute Gasteiger partial charge is 0.303 e. The van der Waals surface area contributed by atoms with Gasteiger partial charge < -0.3 is 15.2 Å². The topological polar surface area (TPSA) is 84.3 Å². The molecule has 2 N–H and O–H groups in total. The minimum atomic E-state index is -0.739. The molecule has 106 valence electrons. The molecule has 0 saturated heterocycles. The van der Waals surface area contributed by atoms with Gasteiger partial charge in [0.2, 0.25) is 5.88 Å². The highest BCUT2D eigenvalue weighted by molar-refractivity contribution is 5.66. The normalized spacial score (nSPS) is 11.9. The maximum Gasteiger partial charge on any atom is 0.303 e. The van der Waals surface area contributed by atoms with Crippen LogP contribution in [0, 0.1) is 5.92 Å². The van der Waals surface area contributed by atoms with Crippen molar-refractivity contribution in [3.8, 4) is 5.88 Å². The highest BCUT2D eigenvalue weighted by Gasteiger charge is 2.05. The van der Waals surface area contributed by atoms with Crippen molar-refractivity contribution in [1.29, 1.82) is 0 Å². The van der Waals surface area contributed by atoms with E-state index in [2.05, 4.69) is 22.2 Å². The Morgan fingerprint density at radius 2 is 2.26 bits per heavy atom. The van der Waals surface area contributed by atoms with E-state index in [1.807, 2.05) is 6.92 Å². The van der Waals surface area contributed by atoms with E-state index in [-0.39, 0.29) is 6.42 Å². The monoisotopic (exact) mass is 267 g/mol. The number of nitrogens with one attached hydrogen (secondary N) is 1. The van der Waals surface area contributed by atoms with Crippen LogP contribution in [0.15, 0.2) is 12.4 Å². The third-order valence-corrected chi connectivity index (χ3v) is 2.73.